The summed E-state index contributed by atoms with van der Waals surface area (Å²) in [4.78, 5) is 2.26. The first-order chi connectivity index (χ1) is 12.0. The van der Waals surface area contributed by atoms with E-state index in [0.29, 0.717) is 12.6 Å². The van der Waals surface area contributed by atoms with Gasteiger partial charge in [0.15, 0.2) is 0 Å². The lowest BCUT2D eigenvalue weighted by Gasteiger charge is -2.29. The van der Waals surface area contributed by atoms with Crippen molar-refractivity contribution in [2.24, 2.45) is 0 Å². The van der Waals surface area contributed by atoms with Crippen LogP contribution in [-0.2, 0) is 6.54 Å². The Labute approximate surface area is 151 Å². The molecule has 136 valence electrons. The minimum atomic E-state index is -0.547. The number of rotatable bonds is 9. The molecular weight excluding hydrogens is 314 g/mol. The summed E-state index contributed by atoms with van der Waals surface area (Å²) in [6, 6.07) is 16.2. The highest BCUT2D eigenvalue weighted by Gasteiger charge is 2.16. The molecule has 0 spiro atoms. The van der Waals surface area contributed by atoms with Gasteiger partial charge in [-0.15, -0.1) is 0 Å². The molecule has 2 rings (SSSR count). The van der Waals surface area contributed by atoms with Gasteiger partial charge in [0.05, 0.1) is 7.11 Å². The Bertz CT molecular complexity index is 640. The van der Waals surface area contributed by atoms with E-state index in [0.717, 1.165) is 18.0 Å². The zero-order valence-electron chi connectivity index (χ0n) is 15.6. The normalized spacial score (nSPS) is 12.4. The Morgan fingerprint density at radius 3 is 2.32 bits per heavy atom. The van der Waals surface area contributed by atoms with Crippen molar-refractivity contribution in [1.82, 2.24) is 4.90 Å². The van der Waals surface area contributed by atoms with Gasteiger partial charge in [0.1, 0.15) is 24.2 Å². The molecule has 4 heteroatoms. The second kappa shape index (κ2) is 9.44. The van der Waals surface area contributed by atoms with Crippen LogP contribution in [-0.4, -0.2) is 42.4 Å². The Morgan fingerprint density at radius 2 is 1.72 bits per heavy atom. The Morgan fingerprint density at radius 1 is 1.04 bits per heavy atom. The van der Waals surface area contributed by atoms with Gasteiger partial charge in [-0.1, -0.05) is 29.8 Å². The molecule has 0 radical (unpaired) electrons. The van der Waals surface area contributed by atoms with Gasteiger partial charge in [0, 0.05) is 19.1 Å². The fourth-order valence-electron chi connectivity index (χ4n) is 2.69. The van der Waals surface area contributed by atoms with E-state index < -0.39 is 6.10 Å². The van der Waals surface area contributed by atoms with Crippen molar-refractivity contribution in [2.45, 2.75) is 39.5 Å². The molecule has 0 amide bonds. The van der Waals surface area contributed by atoms with Crippen LogP contribution in [0.2, 0.25) is 0 Å². The Hall–Kier alpha value is -2.04. The quantitative estimate of drug-likeness (QED) is 0.754. The number of aryl methyl sites for hydroxylation is 1. The molecule has 0 bridgehead atoms. The number of aliphatic hydroxyl groups is 1. The molecule has 0 aliphatic heterocycles. The number of hydrogen-bond donors (Lipinski definition) is 1. The van der Waals surface area contributed by atoms with Crippen molar-refractivity contribution in [3.8, 4) is 11.5 Å². The predicted molar refractivity (Wildman–Crippen MR) is 101 cm³/mol. The van der Waals surface area contributed by atoms with Crippen LogP contribution in [0.1, 0.15) is 25.0 Å². The molecule has 1 N–H and O–H groups in total. The summed E-state index contributed by atoms with van der Waals surface area (Å²) in [5, 5.41) is 10.4. The molecule has 2 aromatic rings. The molecule has 0 saturated heterocycles. The minimum absolute atomic E-state index is 0.267. The van der Waals surface area contributed by atoms with Gasteiger partial charge in [-0.3, -0.25) is 4.90 Å². The molecule has 0 aromatic heterocycles. The molecular formula is C21H29NO3. The highest BCUT2D eigenvalue weighted by atomic mass is 16.5. The summed E-state index contributed by atoms with van der Waals surface area (Å²) in [5.41, 5.74) is 2.52. The van der Waals surface area contributed by atoms with Gasteiger partial charge in [-0.2, -0.15) is 0 Å². The number of ether oxygens (including phenoxy) is 2. The Kier molecular flexibility index (Phi) is 7.29. The molecule has 25 heavy (non-hydrogen) atoms. The van der Waals surface area contributed by atoms with Crippen molar-refractivity contribution in [3.05, 3.63) is 59.7 Å². The third kappa shape index (κ3) is 6.40. The number of benzene rings is 2. The summed E-state index contributed by atoms with van der Waals surface area (Å²) in [5.74, 6) is 1.52. The molecule has 0 saturated carbocycles. The number of aliphatic hydroxyl groups excluding tert-OH is 1. The standard InChI is InChI=1S/C21H29NO3/c1-16(2)22(13-18-7-5-6-17(3)12-18)14-19(23)15-25-21-10-8-20(24-4)9-11-21/h5-12,16,19,23H,13-15H2,1-4H3/t19-/m0/s1. The first-order valence-electron chi connectivity index (χ1n) is 8.72. The molecule has 2 aromatic carbocycles. The monoisotopic (exact) mass is 343 g/mol. The lowest BCUT2D eigenvalue weighted by molar-refractivity contribution is 0.0543. The average Bonchev–Trinajstić information content (AvgIpc) is 2.60. The van der Waals surface area contributed by atoms with Crippen LogP contribution in [0.15, 0.2) is 48.5 Å². The average molecular weight is 343 g/mol. The van der Waals surface area contributed by atoms with E-state index in [4.69, 9.17) is 9.47 Å². The van der Waals surface area contributed by atoms with E-state index in [-0.39, 0.29) is 6.61 Å². The zero-order chi connectivity index (χ0) is 18.2. The van der Waals surface area contributed by atoms with E-state index in [1.165, 1.54) is 11.1 Å². The third-order valence-electron chi connectivity index (χ3n) is 4.15. The second-order valence-corrected chi connectivity index (χ2v) is 6.65. The van der Waals surface area contributed by atoms with E-state index >= 15 is 0 Å². The van der Waals surface area contributed by atoms with Crippen LogP contribution in [0.4, 0.5) is 0 Å². The SMILES string of the molecule is COc1ccc(OC[C@@H](O)CN(Cc2cccc(C)c2)C(C)C)cc1. The summed E-state index contributed by atoms with van der Waals surface area (Å²) >= 11 is 0. The van der Waals surface area contributed by atoms with Gasteiger partial charge in [-0.25, -0.2) is 0 Å². The van der Waals surface area contributed by atoms with E-state index in [1.807, 2.05) is 24.3 Å². The van der Waals surface area contributed by atoms with Gasteiger partial charge < -0.3 is 14.6 Å². The van der Waals surface area contributed by atoms with Crippen LogP contribution < -0.4 is 9.47 Å². The topological polar surface area (TPSA) is 41.9 Å². The zero-order valence-corrected chi connectivity index (χ0v) is 15.6. The number of nitrogens with zero attached hydrogens (tertiary/aromatic N) is 1. The van der Waals surface area contributed by atoms with Crippen LogP contribution in [0.25, 0.3) is 0 Å². The van der Waals surface area contributed by atoms with Crippen LogP contribution in [0.3, 0.4) is 0 Å². The predicted octanol–water partition coefficient (Wildman–Crippen LogP) is 3.65. The van der Waals surface area contributed by atoms with Crippen LogP contribution in [0.5, 0.6) is 11.5 Å². The summed E-state index contributed by atoms with van der Waals surface area (Å²) in [6.07, 6.45) is -0.547. The molecule has 0 aliphatic rings. The fourth-order valence-corrected chi connectivity index (χ4v) is 2.69. The largest absolute Gasteiger partial charge is 0.497 e. The van der Waals surface area contributed by atoms with Crippen molar-refractivity contribution in [3.63, 3.8) is 0 Å². The minimum Gasteiger partial charge on any atom is -0.497 e. The highest BCUT2D eigenvalue weighted by molar-refractivity contribution is 5.31. The maximum absolute atomic E-state index is 10.4. The number of methoxy groups -OCH3 is 1. The van der Waals surface area contributed by atoms with Gasteiger partial charge in [-0.05, 0) is 50.6 Å². The molecule has 1 atom stereocenters. The lowest BCUT2D eigenvalue weighted by atomic mass is 10.1. The first-order valence-corrected chi connectivity index (χ1v) is 8.72. The van der Waals surface area contributed by atoms with Gasteiger partial charge in [0.25, 0.3) is 0 Å². The molecule has 0 unspecified atom stereocenters. The smallest absolute Gasteiger partial charge is 0.119 e. The van der Waals surface area contributed by atoms with E-state index in [2.05, 4.69) is 49.9 Å². The maximum Gasteiger partial charge on any atom is 0.119 e. The Balaban J connectivity index is 1.87. The molecule has 0 heterocycles. The van der Waals surface area contributed by atoms with Crippen molar-refractivity contribution in [2.75, 3.05) is 20.3 Å². The van der Waals surface area contributed by atoms with Gasteiger partial charge >= 0.3 is 0 Å². The molecule has 0 fully saturated rings. The summed E-state index contributed by atoms with van der Waals surface area (Å²) < 4.78 is 10.8. The molecule has 4 nitrogen and oxygen atoms in total. The van der Waals surface area contributed by atoms with E-state index in [1.54, 1.807) is 7.11 Å². The van der Waals surface area contributed by atoms with Crippen molar-refractivity contribution >= 4 is 0 Å². The van der Waals surface area contributed by atoms with E-state index in [9.17, 15) is 5.11 Å². The molecule has 0 aliphatic carbocycles. The summed E-state index contributed by atoms with van der Waals surface area (Å²) in [7, 11) is 1.63. The fraction of sp³-hybridized carbons (Fsp3) is 0.429. The first kappa shape index (κ1) is 19.3. The summed E-state index contributed by atoms with van der Waals surface area (Å²) in [6.45, 7) is 8.05. The highest BCUT2D eigenvalue weighted by Crippen LogP contribution is 2.17. The second-order valence-electron chi connectivity index (χ2n) is 6.65. The maximum atomic E-state index is 10.4. The van der Waals surface area contributed by atoms with Crippen LogP contribution in [0, 0.1) is 6.92 Å². The van der Waals surface area contributed by atoms with Crippen molar-refractivity contribution < 1.29 is 14.6 Å². The lowest BCUT2D eigenvalue weighted by Crippen LogP contribution is -2.39. The van der Waals surface area contributed by atoms with Gasteiger partial charge in [0.2, 0.25) is 0 Å². The third-order valence-corrected chi connectivity index (χ3v) is 4.15. The van der Waals surface area contributed by atoms with Crippen molar-refractivity contribution in [1.29, 1.82) is 0 Å². The number of hydrogen-bond acceptors (Lipinski definition) is 4. The van der Waals surface area contributed by atoms with Crippen LogP contribution >= 0.6 is 0 Å².